The van der Waals surface area contributed by atoms with E-state index in [0.717, 1.165) is 22.3 Å². The summed E-state index contributed by atoms with van der Waals surface area (Å²) in [4.78, 5) is 8.98. The highest BCUT2D eigenvalue weighted by Gasteiger charge is 2.02. The van der Waals surface area contributed by atoms with Crippen molar-refractivity contribution in [2.45, 2.75) is 6.92 Å². The second-order valence-corrected chi connectivity index (χ2v) is 4.12. The van der Waals surface area contributed by atoms with Crippen molar-refractivity contribution < 1.29 is 0 Å². The van der Waals surface area contributed by atoms with Crippen molar-refractivity contribution in [3.8, 4) is 11.4 Å². The molecule has 2 heteroatoms. The Morgan fingerprint density at radius 1 is 0.941 bits per heavy atom. The van der Waals surface area contributed by atoms with Gasteiger partial charge in [-0.1, -0.05) is 42.0 Å². The Balaban J connectivity index is 2.18. The van der Waals surface area contributed by atoms with Gasteiger partial charge in [0.2, 0.25) is 0 Å². The van der Waals surface area contributed by atoms with Gasteiger partial charge >= 0.3 is 0 Å². The highest BCUT2D eigenvalue weighted by Crippen LogP contribution is 2.18. The van der Waals surface area contributed by atoms with Gasteiger partial charge in [0, 0.05) is 17.1 Å². The van der Waals surface area contributed by atoms with Crippen LogP contribution in [0.1, 0.15) is 5.56 Å². The van der Waals surface area contributed by atoms with Gasteiger partial charge in [-0.15, -0.1) is 0 Å². The standard InChI is InChI=1S/C15H12N2/c1-11-5-4-7-12(9-11)15-16-10-13-6-2-3-8-14(13)17-15/h2-10H,1H3. The summed E-state index contributed by atoms with van der Waals surface area (Å²) in [5.74, 6) is 0.785. The van der Waals surface area contributed by atoms with Gasteiger partial charge in [-0.2, -0.15) is 0 Å². The van der Waals surface area contributed by atoms with E-state index in [1.807, 2.05) is 42.6 Å². The molecule has 2 nitrogen and oxygen atoms in total. The van der Waals surface area contributed by atoms with Crippen LogP contribution >= 0.6 is 0 Å². The van der Waals surface area contributed by atoms with Crippen LogP contribution in [0.25, 0.3) is 22.3 Å². The first-order chi connectivity index (χ1) is 8.33. The van der Waals surface area contributed by atoms with Crippen LogP contribution in [0.5, 0.6) is 0 Å². The molecule has 82 valence electrons. The summed E-state index contributed by atoms with van der Waals surface area (Å²) in [5, 5.41) is 1.07. The number of aromatic nitrogens is 2. The molecule has 0 fully saturated rings. The number of nitrogens with zero attached hydrogens (tertiary/aromatic N) is 2. The predicted molar refractivity (Wildman–Crippen MR) is 69.7 cm³/mol. The van der Waals surface area contributed by atoms with E-state index in [0.29, 0.717) is 0 Å². The molecule has 0 spiro atoms. The smallest absolute Gasteiger partial charge is 0.159 e. The molecular weight excluding hydrogens is 208 g/mol. The minimum Gasteiger partial charge on any atom is -0.236 e. The fourth-order valence-electron chi connectivity index (χ4n) is 1.90. The topological polar surface area (TPSA) is 25.8 Å². The Hall–Kier alpha value is -2.22. The lowest BCUT2D eigenvalue weighted by Crippen LogP contribution is -1.89. The van der Waals surface area contributed by atoms with Crippen LogP contribution in [0.2, 0.25) is 0 Å². The first-order valence-electron chi connectivity index (χ1n) is 5.62. The first kappa shape index (κ1) is 9.97. The highest BCUT2D eigenvalue weighted by molar-refractivity contribution is 5.79. The second-order valence-electron chi connectivity index (χ2n) is 4.12. The van der Waals surface area contributed by atoms with E-state index in [9.17, 15) is 0 Å². The molecule has 0 saturated heterocycles. The number of fused-ring (bicyclic) bond motifs is 1. The molecule has 0 aliphatic heterocycles. The molecule has 0 atom stereocenters. The zero-order valence-corrected chi connectivity index (χ0v) is 9.59. The van der Waals surface area contributed by atoms with Crippen LogP contribution in [-0.2, 0) is 0 Å². The third kappa shape index (κ3) is 1.89. The fourth-order valence-corrected chi connectivity index (χ4v) is 1.90. The highest BCUT2D eigenvalue weighted by atomic mass is 14.9. The summed E-state index contributed by atoms with van der Waals surface area (Å²) < 4.78 is 0. The van der Waals surface area contributed by atoms with Crippen LogP contribution in [0.15, 0.2) is 54.7 Å². The van der Waals surface area contributed by atoms with Crippen LogP contribution in [0.4, 0.5) is 0 Å². The summed E-state index contributed by atoms with van der Waals surface area (Å²) in [6.07, 6.45) is 1.88. The molecule has 0 N–H and O–H groups in total. The largest absolute Gasteiger partial charge is 0.236 e. The Bertz CT molecular complexity index is 674. The van der Waals surface area contributed by atoms with Gasteiger partial charge in [0.15, 0.2) is 5.82 Å². The van der Waals surface area contributed by atoms with E-state index in [2.05, 4.69) is 29.0 Å². The van der Waals surface area contributed by atoms with Gasteiger partial charge in [0.25, 0.3) is 0 Å². The predicted octanol–water partition coefficient (Wildman–Crippen LogP) is 3.61. The molecule has 1 aromatic heterocycles. The van der Waals surface area contributed by atoms with E-state index in [1.165, 1.54) is 5.56 Å². The molecule has 2 aromatic carbocycles. The maximum absolute atomic E-state index is 4.58. The SMILES string of the molecule is Cc1cccc(-c2ncc3ccccc3n2)c1. The number of hydrogen-bond acceptors (Lipinski definition) is 2. The molecular formula is C15H12N2. The molecule has 3 rings (SSSR count). The number of para-hydroxylation sites is 1. The lowest BCUT2D eigenvalue weighted by Gasteiger charge is -2.02. The summed E-state index contributed by atoms with van der Waals surface area (Å²) in [6, 6.07) is 16.3. The maximum atomic E-state index is 4.58. The first-order valence-corrected chi connectivity index (χ1v) is 5.62. The van der Waals surface area contributed by atoms with Gasteiger partial charge in [0.05, 0.1) is 5.52 Å². The maximum Gasteiger partial charge on any atom is 0.159 e. The Morgan fingerprint density at radius 2 is 1.82 bits per heavy atom. The van der Waals surface area contributed by atoms with E-state index in [1.54, 1.807) is 0 Å². The van der Waals surface area contributed by atoms with Crippen molar-refractivity contribution in [2.75, 3.05) is 0 Å². The van der Waals surface area contributed by atoms with Crippen LogP contribution in [0, 0.1) is 6.92 Å². The molecule has 0 aliphatic rings. The van der Waals surface area contributed by atoms with Gasteiger partial charge in [-0.05, 0) is 19.1 Å². The Morgan fingerprint density at radius 3 is 2.71 bits per heavy atom. The van der Waals surface area contributed by atoms with Crippen LogP contribution in [0.3, 0.4) is 0 Å². The molecule has 0 bridgehead atoms. The summed E-state index contributed by atoms with van der Waals surface area (Å²) in [6.45, 7) is 2.07. The quantitative estimate of drug-likeness (QED) is 0.626. The van der Waals surface area contributed by atoms with Crippen LogP contribution in [-0.4, -0.2) is 9.97 Å². The van der Waals surface area contributed by atoms with Crippen LogP contribution < -0.4 is 0 Å². The number of benzene rings is 2. The van der Waals surface area contributed by atoms with Gasteiger partial charge in [-0.25, -0.2) is 9.97 Å². The minimum absolute atomic E-state index is 0.785. The number of rotatable bonds is 1. The zero-order chi connectivity index (χ0) is 11.7. The molecule has 0 saturated carbocycles. The van der Waals surface area contributed by atoms with Crippen molar-refractivity contribution in [2.24, 2.45) is 0 Å². The van der Waals surface area contributed by atoms with Crippen molar-refractivity contribution in [3.63, 3.8) is 0 Å². The van der Waals surface area contributed by atoms with Gasteiger partial charge in [0.1, 0.15) is 0 Å². The molecule has 0 radical (unpaired) electrons. The molecule has 17 heavy (non-hydrogen) atoms. The Labute approximate surface area is 100.0 Å². The van der Waals surface area contributed by atoms with E-state index >= 15 is 0 Å². The summed E-state index contributed by atoms with van der Waals surface area (Å²) in [7, 11) is 0. The van der Waals surface area contributed by atoms with Crippen molar-refractivity contribution in [1.29, 1.82) is 0 Å². The zero-order valence-electron chi connectivity index (χ0n) is 9.59. The summed E-state index contributed by atoms with van der Waals surface area (Å²) in [5.41, 5.74) is 3.27. The molecule has 1 heterocycles. The van der Waals surface area contributed by atoms with Gasteiger partial charge < -0.3 is 0 Å². The van der Waals surface area contributed by atoms with Crippen molar-refractivity contribution in [1.82, 2.24) is 9.97 Å². The number of aryl methyl sites for hydroxylation is 1. The molecule has 0 aliphatic carbocycles. The average molecular weight is 220 g/mol. The third-order valence-electron chi connectivity index (χ3n) is 2.77. The van der Waals surface area contributed by atoms with Crippen molar-refractivity contribution in [3.05, 3.63) is 60.3 Å². The van der Waals surface area contributed by atoms with Gasteiger partial charge in [-0.3, -0.25) is 0 Å². The molecule has 3 aromatic rings. The van der Waals surface area contributed by atoms with Crippen molar-refractivity contribution >= 4 is 10.9 Å². The van der Waals surface area contributed by atoms with E-state index in [-0.39, 0.29) is 0 Å². The molecule has 0 unspecified atom stereocenters. The number of hydrogen-bond donors (Lipinski definition) is 0. The lowest BCUT2D eigenvalue weighted by molar-refractivity contribution is 1.22. The van der Waals surface area contributed by atoms with E-state index in [4.69, 9.17) is 0 Å². The molecule has 0 amide bonds. The normalized spacial score (nSPS) is 10.6. The van der Waals surface area contributed by atoms with E-state index < -0.39 is 0 Å². The average Bonchev–Trinajstić information content (AvgIpc) is 2.38. The fraction of sp³-hybridized carbons (Fsp3) is 0.0667. The monoisotopic (exact) mass is 220 g/mol. The second kappa shape index (κ2) is 3.98. The lowest BCUT2D eigenvalue weighted by atomic mass is 10.1. The minimum atomic E-state index is 0.785. The summed E-state index contributed by atoms with van der Waals surface area (Å²) >= 11 is 0. The third-order valence-corrected chi connectivity index (χ3v) is 2.77. The Kier molecular flexibility index (Phi) is 2.33.